The van der Waals surface area contributed by atoms with Crippen molar-refractivity contribution in [3.63, 3.8) is 0 Å². The number of aryl methyl sites for hydroxylation is 2. The van der Waals surface area contributed by atoms with Crippen molar-refractivity contribution in [3.8, 4) is 0 Å². The summed E-state index contributed by atoms with van der Waals surface area (Å²) in [6.07, 6.45) is 1.55. The summed E-state index contributed by atoms with van der Waals surface area (Å²) in [6, 6.07) is 7.51. The van der Waals surface area contributed by atoms with Crippen LogP contribution in [-0.2, 0) is 4.79 Å². The van der Waals surface area contributed by atoms with E-state index in [0.29, 0.717) is 10.2 Å². The number of benzene rings is 1. The molecule has 6 nitrogen and oxygen atoms in total. The van der Waals surface area contributed by atoms with Crippen LogP contribution in [0.15, 0.2) is 24.3 Å². The Labute approximate surface area is 166 Å². The minimum absolute atomic E-state index is 0.0252. The van der Waals surface area contributed by atoms with Crippen LogP contribution in [0, 0.1) is 19.8 Å². The normalized spacial score (nSPS) is 15.3. The van der Waals surface area contributed by atoms with Gasteiger partial charge in [0.2, 0.25) is 11.9 Å². The van der Waals surface area contributed by atoms with E-state index in [1.54, 1.807) is 6.07 Å². The molecular weight excluding hydrogens is 382 g/mol. The molecule has 1 amide bonds. The molecule has 0 unspecified atom stereocenters. The van der Waals surface area contributed by atoms with Crippen LogP contribution in [0.2, 0.25) is 5.02 Å². The molecule has 1 saturated heterocycles. The molecule has 0 saturated carbocycles. The van der Waals surface area contributed by atoms with Crippen LogP contribution in [0.25, 0.3) is 10.2 Å². The first-order chi connectivity index (χ1) is 13.0. The van der Waals surface area contributed by atoms with E-state index in [4.69, 9.17) is 11.6 Å². The molecule has 0 aliphatic carbocycles. The number of fused-ring (bicyclic) bond motifs is 1. The van der Waals surface area contributed by atoms with Gasteiger partial charge in [-0.2, -0.15) is 0 Å². The second kappa shape index (κ2) is 7.40. The van der Waals surface area contributed by atoms with Gasteiger partial charge in [-0.15, -0.1) is 0 Å². The van der Waals surface area contributed by atoms with Crippen LogP contribution in [0.5, 0.6) is 0 Å². The lowest BCUT2D eigenvalue weighted by Crippen LogP contribution is -2.39. The molecule has 3 aromatic rings. The molecule has 0 bridgehead atoms. The number of thiazole rings is 1. The van der Waals surface area contributed by atoms with E-state index in [1.165, 1.54) is 11.3 Å². The van der Waals surface area contributed by atoms with E-state index in [-0.39, 0.29) is 11.8 Å². The highest BCUT2D eigenvalue weighted by atomic mass is 35.5. The first kappa shape index (κ1) is 18.1. The maximum Gasteiger partial charge on any atom is 0.229 e. The summed E-state index contributed by atoms with van der Waals surface area (Å²) in [5, 5.41) is 4.26. The van der Waals surface area contributed by atoms with Gasteiger partial charge in [0.15, 0.2) is 5.13 Å². The Kier molecular flexibility index (Phi) is 4.97. The number of aromatic nitrogens is 3. The molecule has 1 N–H and O–H groups in total. The average molecular weight is 402 g/mol. The number of hydrogen-bond acceptors (Lipinski definition) is 6. The maximum atomic E-state index is 12.6. The van der Waals surface area contributed by atoms with E-state index in [1.807, 2.05) is 32.0 Å². The molecule has 3 heterocycles. The summed E-state index contributed by atoms with van der Waals surface area (Å²) >= 11 is 7.46. The zero-order valence-corrected chi connectivity index (χ0v) is 16.8. The summed E-state index contributed by atoms with van der Waals surface area (Å²) < 4.78 is 0.972. The Morgan fingerprint density at radius 3 is 2.56 bits per heavy atom. The van der Waals surface area contributed by atoms with Gasteiger partial charge in [0.05, 0.1) is 10.2 Å². The van der Waals surface area contributed by atoms with Crippen molar-refractivity contribution in [1.29, 1.82) is 0 Å². The Morgan fingerprint density at radius 1 is 1.15 bits per heavy atom. The van der Waals surface area contributed by atoms with Crippen LogP contribution < -0.4 is 10.2 Å². The monoisotopic (exact) mass is 401 g/mol. The van der Waals surface area contributed by atoms with Crippen molar-refractivity contribution in [2.24, 2.45) is 5.92 Å². The zero-order valence-electron chi connectivity index (χ0n) is 15.2. The molecule has 4 rings (SSSR count). The fourth-order valence-corrected chi connectivity index (χ4v) is 4.49. The molecular formula is C19H20ClN5OS. The van der Waals surface area contributed by atoms with Gasteiger partial charge in [-0.3, -0.25) is 4.79 Å². The minimum Gasteiger partial charge on any atom is -0.341 e. The maximum absolute atomic E-state index is 12.6. The highest BCUT2D eigenvalue weighted by Gasteiger charge is 2.27. The van der Waals surface area contributed by atoms with Crippen molar-refractivity contribution < 1.29 is 4.79 Å². The minimum atomic E-state index is -0.0252. The van der Waals surface area contributed by atoms with Crippen LogP contribution in [0.1, 0.15) is 24.2 Å². The summed E-state index contributed by atoms with van der Waals surface area (Å²) in [5.41, 5.74) is 2.78. The van der Waals surface area contributed by atoms with Crippen LogP contribution >= 0.6 is 22.9 Å². The summed E-state index contributed by atoms with van der Waals surface area (Å²) in [7, 11) is 0. The average Bonchev–Trinajstić information content (AvgIpc) is 3.02. The second-order valence-electron chi connectivity index (χ2n) is 6.83. The lowest BCUT2D eigenvalue weighted by Gasteiger charge is -2.31. The number of halogens is 1. The number of amides is 1. The van der Waals surface area contributed by atoms with Gasteiger partial charge in [-0.1, -0.05) is 22.9 Å². The molecule has 1 aliphatic rings. The van der Waals surface area contributed by atoms with Crippen molar-refractivity contribution in [2.75, 3.05) is 23.3 Å². The van der Waals surface area contributed by atoms with Crippen LogP contribution in [0.3, 0.4) is 0 Å². The molecule has 1 aromatic carbocycles. The SMILES string of the molecule is Cc1cc(C)nc(N2CCC(C(=O)Nc3nc4ccc(Cl)cc4s3)CC2)n1. The fraction of sp³-hybridized carbons (Fsp3) is 0.368. The van der Waals surface area contributed by atoms with Crippen molar-refractivity contribution >= 4 is 50.1 Å². The number of piperidine rings is 1. The van der Waals surface area contributed by atoms with E-state index in [9.17, 15) is 4.79 Å². The Bertz CT molecular complexity index is 977. The Morgan fingerprint density at radius 2 is 1.85 bits per heavy atom. The fourth-order valence-electron chi connectivity index (χ4n) is 3.35. The number of nitrogens with zero attached hydrogens (tertiary/aromatic N) is 4. The number of hydrogen-bond donors (Lipinski definition) is 1. The lowest BCUT2D eigenvalue weighted by atomic mass is 9.96. The number of nitrogens with one attached hydrogen (secondary N) is 1. The van der Waals surface area contributed by atoms with E-state index < -0.39 is 0 Å². The highest BCUT2D eigenvalue weighted by Crippen LogP contribution is 2.29. The summed E-state index contributed by atoms with van der Waals surface area (Å²) in [4.78, 5) is 28.3. The molecule has 0 atom stereocenters. The third-order valence-corrected chi connectivity index (χ3v) is 5.87. The van der Waals surface area contributed by atoms with Gasteiger partial charge in [0, 0.05) is 35.4 Å². The Hall–Kier alpha value is -2.25. The third-order valence-electron chi connectivity index (χ3n) is 4.70. The number of carbonyl (C=O) groups is 1. The molecule has 1 aliphatic heterocycles. The molecule has 0 spiro atoms. The topological polar surface area (TPSA) is 71.0 Å². The molecule has 27 heavy (non-hydrogen) atoms. The zero-order chi connectivity index (χ0) is 19.0. The summed E-state index contributed by atoms with van der Waals surface area (Å²) in [6.45, 7) is 5.50. The molecule has 2 aromatic heterocycles. The van der Waals surface area contributed by atoms with Gasteiger partial charge in [-0.25, -0.2) is 15.0 Å². The largest absolute Gasteiger partial charge is 0.341 e. The van der Waals surface area contributed by atoms with E-state index >= 15 is 0 Å². The third kappa shape index (κ3) is 4.04. The number of anilines is 2. The van der Waals surface area contributed by atoms with Gasteiger partial charge < -0.3 is 10.2 Å². The first-order valence-corrected chi connectivity index (χ1v) is 10.1. The predicted molar refractivity (Wildman–Crippen MR) is 110 cm³/mol. The van der Waals surface area contributed by atoms with Crippen LogP contribution in [0.4, 0.5) is 11.1 Å². The van der Waals surface area contributed by atoms with Gasteiger partial charge in [0.1, 0.15) is 0 Å². The highest BCUT2D eigenvalue weighted by molar-refractivity contribution is 7.22. The molecule has 140 valence electrons. The number of rotatable bonds is 3. The van der Waals surface area contributed by atoms with Crippen molar-refractivity contribution in [1.82, 2.24) is 15.0 Å². The van der Waals surface area contributed by atoms with Gasteiger partial charge >= 0.3 is 0 Å². The Balaban J connectivity index is 1.39. The lowest BCUT2D eigenvalue weighted by molar-refractivity contribution is -0.120. The van der Waals surface area contributed by atoms with E-state index in [2.05, 4.69) is 25.2 Å². The molecule has 1 fully saturated rings. The quantitative estimate of drug-likeness (QED) is 0.711. The second-order valence-corrected chi connectivity index (χ2v) is 8.30. The van der Waals surface area contributed by atoms with Crippen LogP contribution in [-0.4, -0.2) is 33.9 Å². The first-order valence-electron chi connectivity index (χ1n) is 8.92. The predicted octanol–water partition coefficient (Wildman–Crippen LogP) is 4.21. The molecule has 0 radical (unpaired) electrons. The standard InChI is InChI=1S/C19H20ClN5OS/c1-11-9-12(2)22-18(21-11)25-7-5-13(6-8-25)17(26)24-19-23-15-4-3-14(20)10-16(15)27-19/h3-4,9-10,13H,5-8H2,1-2H3,(H,23,24,26). The van der Waals surface area contributed by atoms with Gasteiger partial charge in [0.25, 0.3) is 0 Å². The summed E-state index contributed by atoms with van der Waals surface area (Å²) in [5.74, 6) is 0.762. The van der Waals surface area contributed by atoms with Crippen molar-refractivity contribution in [3.05, 3.63) is 40.7 Å². The van der Waals surface area contributed by atoms with E-state index in [0.717, 1.165) is 53.5 Å². The molecule has 8 heteroatoms. The van der Waals surface area contributed by atoms with Gasteiger partial charge in [-0.05, 0) is 51.0 Å². The number of carbonyl (C=O) groups excluding carboxylic acids is 1. The smallest absolute Gasteiger partial charge is 0.229 e. The van der Waals surface area contributed by atoms with Crippen molar-refractivity contribution in [2.45, 2.75) is 26.7 Å².